The number of nitrogens with zero attached hydrogens (tertiary/aromatic N) is 1. The number of nitrogens with one attached hydrogen (secondary N) is 1. The first-order valence-corrected chi connectivity index (χ1v) is 8.48. The topological polar surface area (TPSA) is 17.0 Å². The van der Waals surface area contributed by atoms with Crippen molar-refractivity contribution in [1.29, 1.82) is 0 Å². The maximum Gasteiger partial charge on any atom is 0.128 e. The van der Waals surface area contributed by atoms with Crippen LogP contribution in [0.3, 0.4) is 0 Å². The second-order valence-electron chi connectivity index (χ2n) is 6.60. The summed E-state index contributed by atoms with van der Waals surface area (Å²) in [5.74, 6) is -1.19. The molecular formula is C19H23F3N2. The molecule has 1 aliphatic rings. The molecule has 1 heterocycles. The largest absolute Gasteiger partial charge is 0.381 e. The van der Waals surface area contributed by atoms with Crippen LogP contribution in [0.1, 0.15) is 43.1 Å². The molecule has 0 aliphatic heterocycles. The first kappa shape index (κ1) is 16.9. The molecule has 0 unspecified atom stereocenters. The summed E-state index contributed by atoms with van der Waals surface area (Å²) < 4.78 is 42.7. The standard InChI is InChI=1S/C19H23F3N2/c1-4-18-19(23-16-6-5-13(20)8-16)11(2)12(3)24(18)17-9-14(21)7-15(22)10-17/h7,9-10,13,16,23H,4-6,8H2,1-3H3/t13-,16+/m1/s1. The Hall–Kier alpha value is -1.91. The van der Waals surface area contributed by atoms with Crippen LogP contribution in [0.2, 0.25) is 0 Å². The van der Waals surface area contributed by atoms with Crippen LogP contribution in [0.5, 0.6) is 0 Å². The normalized spacial score (nSPS) is 20.6. The Morgan fingerprint density at radius 1 is 1.12 bits per heavy atom. The molecule has 2 nitrogen and oxygen atoms in total. The van der Waals surface area contributed by atoms with E-state index in [1.807, 2.05) is 25.3 Å². The molecule has 1 aromatic carbocycles. The molecular weight excluding hydrogens is 313 g/mol. The number of rotatable bonds is 4. The van der Waals surface area contributed by atoms with Gasteiger partial charge in [-0.2, -0.15) is 0 Å². The zero-order chi connectivity index (χ0) is 17.4. The van der Waals surface area contributed by atoms with Crippen LogP contribution >= 0.6 is 0 Å². The van der Waals surface area contributed by atoms with Gasteiger partial charge in [0.15, 0.2) is 0 Å². The molecule has 1 fully saturated rings. The van der Waals surface area contributed by atoms with Gasteiger partial charge in [-0.3, -0.25) is 0 Å². The lowest BCUT2D eigenvalue weighted by atomic mass is 10.1. The van der Waals surface area contributed by atoms with Crippen molar-refractivity contribution < 1.29 is 13.2 Å². The van der Waals surface area contributed by atoms with Crippen LogP contribution in [0.25, 0.3) is 5.69 Å². The first-order valence-electron chi connectivity index (χ1n) is 8.48. The number of halogens is 3. The van der Waals surface area contributed by atoms with Gasteiger partial charge in [-0.05, 0) is 57.2 Å². The van der Waals surface area contributed by atoms with Crippen molar-refractivity contribution in [3.63, 3.8) is 0 Å². The molecule has 0 radical (unpaired) electrons. The van der Waals surface area contributed by atoms with Gasteiger partial charge in [-0.15, -0.1) is 0 Å². The van der Waals surface area contributed by atoms with Crippen molar-refractivity contribution in [2.24, 2.45) is 0 Å². The molecule has 2 atom stereocenters. The molecule has 0 spiro atoms. The average molecular weight is 336 g/mol. The summed E-state index contributed by atoms with van der Waals surface area (Å²) in [4.78, 5) is 0. The van der Waals surface area contributed by atoms with E-state index in [0.717, 1.165) is 35.1 Å². The summed E-state index contributed by atoms with van der Waals surface area (Å²) in [6, 6.07) is 3.67. The van der Waals surface area contributed by atoms with Gasteiger partial charge in [-0.1, -0.05) is 6.92 Å². The zero-order valence-electron chi connectivity index (χ0n) is 14.3. The van der Waals surface area contributed by atoms with Crippen molar-refractivity contribution in [2.45, 2.75) is 58.7 Å². The Balaban J connectivity index is 2.05. The van der Waals surface area contributed by atoms with Crippen LogP contribution in [-0.4, -0.2) is 16.8 Å². The van der Waals surface area contributed by atoms with Crippen molar-refractivity contribution in [3.8, 4) is 5.69 Å². The summed E-state index contributed by atoms with van der Waals surface area (Å²) in [7, 11) is 0. The number of alkyl halides is 1. The molecule has 0 saturated heterocycles. The Kier molecular flexibility index (Phi) is 4.61. The lowest BCUT2D eigenvalue weighted by Crippen LogP contribution is -2.17. The van der Waals surface area contributed by atoms with E-state index in [1.54, 1.807) is 0 Å². The minimum absolute atomic E-state index is 0.114. The fourth-order valence-electron chi connectivity index (χ4n) is 3.69. The van der Waals surface area contributed by atoms with Gasteiger partial charge >= 0.3 is 0 Å². The molecule has 2 aromatic rings. The third kappa shape index (κ3) is 3.04. The highest BCUT2D eigenvalue weighted by atomic mass is 19.1. The Morgan fingerprint density at radius 2 is 1.79 bits per heavy atom. The minimum atomic E-state index is -0.742. The van der Waals surface area contributed by atoms with Gasteiger partial charge in [0.05, 0.1) is 11.4 Å². The summed E-state index contributed by atoms with van der Waals surface area (Å²) in [6.07, 6.45) is 1.88. The van der Waals surface area contributed by atoms with Crippen LogP contribution in [0.15, 0.2) is 18.2 Å². The van der Waals surface area contributed by atoms with Crippen LogP contribution in [-0.2, 0) is 6.42 Å². The van der Waals surface area contributed by atoms with E-state index in [9.17, 15) is 13.2 Å². The third-order valence-electron chi connectivity index (χ3n) is 4.97. The molecule has 1 saturated carbocycles. The fraction of sp³-hybridized carbons (Fsp3) is 0.474. The van der Waals surface area contributed by atoms with E-state index in [4.69, 9.17) is 0 Å². The van der Waals surface area contributed by atoms with Gasteiger partial charge < -0.3 is 9.88 Å². The average Bonchev–Trinajstić information content (AvgIpc) is 3.02. The second-order valence-corrected chi connectivity index (χ2v) is 6.60. The highest BCUT2D eigenvalue weighted by Gasteiger charge is 2.27. The first-order chi connectivity index (χ1) is 11.4. The van der Waals surface area contributed by atoms with E-state index < -0.39 is 17.8 Å². The molecule has 5 heteroatoms. The van der Waals surface area contributed by atoms with Gasteiger partial charge in [0, 0.05) is 23.5 Å². The number of benzene rings is 1. The van der Waals surface area contributed by atoms with Gasteiger partial charge in [0.1, 0.15) is 17.8 Å². The molecule has 24 heavy (non-hydrogen) atoms. The number of aromatic nitrogens is 1. The molecule has 1 aliphatic carbocycles. The Labute approximate surface area is 140 Å². The predicted octanol–water partition coefficient (Wildman–Crippen LogP) is 5.24. The maximum absolute atomic E-state index is 13.6. The van der Waals surface area contributed by atoms with Crippen molar-refractivity contribution in [1.82, 2.24) is 4.57 Å². The molecule has 1 N–H and O–H groups in total. The van der Waals surface area contributed by atoms with E-state index in [0.29, 0.717) is 24.9 Å². The number of hydrogen-bond acceptors (Lipinski definition) is 1. The van der Waals surface area contributed by atoms with Gasteiger partial charge in [0.25, 0.3) is 0 Å². The minimum Gasteiger partial charge on any atom is -0.381 e. The second kappa shape index (κ2) is 6.54. The van der Waals surface area contributed by atoms with Crippen molar-refractivity contribution >= 4 is 5.69 Å². The molecule has 0 bridgehead atoms. The molecule has 3 rings (SSSR count). The smallest absolute Gasteiger partial charge is 0.128 e. The van der Waals surface area contributed by atoms with Crippen LogP contribution < -0.4 is 5.32 Å². The van der Waals surface area contributed by atoms with Crippen molar-refractivity contribution in [2.75, 3.05) is 5.32 Å². The molecule has 130 valence electrons. The summed E-state index contributed by atoms with van der Waals surface area (Å²) in [5.41, 5.74) is 4.40. The highest BCUT2D eigenvalue weighted by Crippen LogP contribution is 2.34. The number of hydrogen-bond donors (Lipinski definition) is 1. The van der Waals surface area contributed by atoms with Crippen molar-refractivity contribution in [3.05, 3.63) is 46.8 Å². The van der Waals surface area contributed by atoms with E-state index in [1.165, 1.54) is 12.1 Å². The van der Waals surface area contributed by atoms with Gasteiger partial charge in [-0.25, -0.2) is 13.2 Å². The van der Waals surface area contributed by atoms with Crippen LogP contribution in [0.4, 0.5) is 18.9 Å². The molecule has 0 amide bonds. The van der Waals surface area contributed by atoms with E-state index >= 15 is 0 Å². The quantitative estimate of drug-likeness (QED) is 0.808. The zero-order valence-corrected chi connectivity index (χ0v) is 14.3. The number of anilines is 1. The fourth-order valence-corrected chi connectivity index (χ4v) is 3.69. The predicted molar refractivity (Wildman–Crippen MR) is 90.7 cm³/mol. The molecule has 1 aromatic heterocycles. The van der Waals surface area contributed by atoms with E-state index in [2.05, 4.69) is 5.32 Å². The Morgan fingerprint density at radius 3 is 2.33 bits per heavy atom. The highest BCUT2D eigenvalue weighted by molar-refractivity contribution is 5.62. The van der Waals surface area contributed by atoms with Gasteiger partial charge in [0.2, 0.25) is 0 Å². The SMILES string of the molecule is CCc1c(N[C@H]2CC[C@@H](F)C2)c(C)c(C)n1-c1cc(F)cc(F)c1. The lowest BCUT2D eigenvalue weighted by Gasteiger charge is -2.16. The summed E-state index contributed by atoms with van der Waals surface area (Å²) >= 11 is 0. The van der Waals surface area contributed by atoms with E-state index in [-0.39, 0.29) is 6.04 Å². The Bertz CT molecular complexity index is 731. The third-order valence-corrected chi connectivity index (χ3v) is 4.97. The maximum atomic E-state index is 13.6. The van der Waals surface area contributed by atoms with Crippen LogP contribution in [0, 0.1) is 25.5 Å². The summed E-state index contributed by atoms with van der Waals surface area (Å²) in [5, 5.41) is 3.47. The lowest BCUT2D eigenvalue weighted by molar-refractivity contribution is 0.341. The monoisotopic (exact) mass is 336 g/mol. The summed E-state index contributed by atoms with van der Waals surface area (Å²) in [6.45, 7) is 5.94.